The van der Waals surface area contributed by atoms with E-state index in [9.17, 15) is 15.0 Å². The number of hydrogen-bond donors (Lipinski definition) is 2. The first-order chi connectivity index (χ1) is 16.2. The highest BCUT2D eigenvalue weighted by molar-refractivity contribution is 5.66. The monoisotopic (exact) mass is 474 g/mol. The molecular formula is C28H42O6. The molecule has 1 saturated heterocycles. The lowest BCUT2D eigenvalue weighted by molar-refractivity contribution is -0.287. The van der Waals surface area contributed by atoms with Crippen LogP contribution in [-0.2, 0) is 19.0 Å². The number of carbonyl (C=O) groups excluding carboxylic acids is 1. The van der Waals surface area contributed by atoms with Crippen LogP contribution in [0, 0.1) is 34.5 Å². The molecular weight excluding hydrogens is 432 g/mol. The van der Waals surface area contributed by atoms with Crippen molar-refractivity contribution in [3.8, 4) is 0 Å². The van der Waals surface area contributed by atoms with Crippen molar-refractivity contribution >= 4 is 5.97 Å². The van der Waals surface area contributed by atoms with Crippen LogP contribution in [-0.4, -0.2) is 53.5 Å². The zero-order chi connectivity index (χ0) is 24.3. The van der Waals surface area contributed by atoms with Crippen LogP contribution in [0.3, 0.4) is 0 Å². The molecule has 190 valence electrons. The van der Waals surface area contributed by atoms with Crippen LogP contribution in [0.15, 0.2) is 24.3 Å². The Balaban J connectivity index is 1.27. The van der Waals surface area contributed by atoms with Crippen LogP contribution >= 0.6 is 0 Å². The van der Waals surface area contributed by atoms with Gasteiger partial charge in [-0.05, 0) is 85.9 Å². The second-order valence-corrected chi connectivity index (χ2v) is 12.1. The minimum atomic E-state index is -1.21. The van der Waals surface area contributed by atoms with Gasteiger partial charge < -0.3 is 24.4 Å². The van der Waals surface area contributed by atoms with Crippen LogP contribution in [0.2, 0.25) is 0 Å². The number of esters is 1. The summed E-state index contributed by atoms with van der Waals surface area (Å²) < 4.78 is 17.0. The number of carbonyl (C=O) groups is 1. The van der Waals surface area contributed by atoms with Crippen molar-refractivity contribution in [3.63, 3.8) is 0 Å². The van der Waals surface area contributed by atoms with E-state index in [0.29, 0.717) is 11.3 Å². The Kier molecular flexibility index (Phi) is 6.50. The van der Waals surface area contributed by atoms with E-state index in [1.807, 2.05) is 0 Å². The second-order valence-electron chi connectivity index (χ2n) is 12.1. The van der Waals surface area contributed by atoms with Crippen molar-refractivity contribution < 1.29 is 29.2 Å². The molecule has 6 heteroatoms. The van der Waals surface area contributed by atoms with Crippen molar-refractivity contribution in [2.45, 2.75) is 103 Å². The van der Waals surface area contributed by atoms with Crippen molar-refractivity contribution in [3.05, 3.63) is 24.3 Å². The molecule has 2 N–H and O–H groups in total. The highest BCUT2D eigenvalue weighted by atomic mass is 16.7. The molecule has 0 aromatic carbocycles. The first-order valence-corrected chi connectivity index (χ1v) is 13.3. The largest absolute Gasteiger partial charge is 0.457 e. The third-order valence-corrected chi connectivity index (χ3v) is 10.5. The zero-order valence-electron chi connectivity index (χ0n) is 20.9. The minimum absolute atomic E-state index is 0.0254. The summed E-state index contributed by atoms with van der Waals surface area (Å²) in [5.41, 5.74) is 2.15. The van der Waals surface area contributed by atoms with Gasteiger partial charge in [-0.1, -0.05) is 31.6 Å². The molecule has 0 spiro atoms. The fourth-order valence-corrected chi connectivity index (χ4v) is 8.59. The smallest absolute Gasteiger partial charge is 0.303 e. The third kappa shape index (κ3) is 3.89. The predicted molar refractivity (Wildman–Crippen MR) is 128 cm³/mol. The molecule has 0 unspecified atom stereocenters. The molecule has 3 saturated carbocycles. The van der Waals surface area contributed by atoms with E-state index in [0.717, 1.165) is 43.4 Å². The quantitative estimate of drug-likeness (QED) is 0.470. The summed E-state index contributed by atoms with van der Waals surface area (Å²) in [6.07, 6.45) is 9.75. The summed E-state index contributed by atoms with van der Waals surface area (Å²) in [5, 5.41) is 20.8. The fraction of sp³-hybridized carbons (Fsp3) is 0.821. The molecule has 0 amide bonds. The molecule has 5 aliphatic rings. The Bertz CT molecular complexity index is 839. The maximum absolute atomic E-state index is 11.4. The molecule has 4 aliphatic carbocycles. The highest BCUT2D eigenvalue weighted by Gasteiger charge is 2.58. The summed E-state index contributed by atoms with van der Waals surface area (Å²) >= 11 is 0. The van der Waals surface area contributed by atoms with Gasteiger partial charge in [0.2, 0.25) is 0 Å². The lowest BCUT2D eigenvalue weighted by Gasteiger charge is -2.58. The Morgan fingerprint density at radius 3 is 2.71 bits per heavy atom. The Morgan fingerprint density at radius 1 is 1.18 bits per heavy atom. The Labute approximate surface area is 203 Å². The highest BCUT2D eigenvalue weighted by Crippen LogP contribution is 2.66. The molecule has 0 aromatic rings. The SMILES string of the molecule is C=C[C@H]1CC[C@H]2[C@@H]3CC=C4C[C@@H](O[C@@H]5OC[C@@H](O)[C@@H](OC(C)=O)[C@@H]5O)CC[C@]4(C)[C@H]3CC[C@]12C. The van der Waals surface area contributed by atoms with Crippen molar-refractivity contribution in [2.24, 2.45) is 34.5 Å². The van der Waals surface area contributed by atoms with E-state index in [4.69, 9.17) is 14.2 Å². The van der Waals surface area contributed by atoms with E-state index in [2.05, 4.69) is 32.6 Å². The van der Waals surface area contributed by atoms with Gasteiger partial charge in [0.1, 0.15) is 12.2 Å². The molecule has 11 atom stereocenters. The number of aliphatic hydroxyl groups excluding tert-OH is 2. The fourth-order valence-electron chi connectivity index (χ4n) is 8.59. The summed E-state index contributed by atoms with van der Waals surface area (Å²) in [6.45, 7) is 10.4. The van der Waals surface area contributed by atoms with Gasteiger partial charge in [-0.2, -0.15) is 0 Å². The molecule has 6 nitrogen and oxygen atoms in total. The molecule has 34 heavy (non-hydrogen) atoms. The lowest BCUT2D eigenvalue weighted by atomic mass is 9.47. The summed E-state index contributed by atoms with van der Waals surface area (Å²) in [7, 11) is 0. The van der Waals surface area contributed by atoms with Gasteiger partial charge in [-0.25, -0.2) is 0 Å². The van der Waals surface area contributed by atoms with Gasteiger partial charge in [0.15, 0.2) is 12.4 Å². The Hall–Kier alpha value is -1.21. The number of allylic oxidation sites excluding steroid dienone is 2. The van der Waals surface area contributed by atoms with Gasteiger partial charge in [0.05, 0.1) is 12.7 Å². The standard InChI is InChI=1S/C28H42O6/c1-5-17-7-9-21-20-8-6-18-14-19(10-12-28(18,4)22(20)11-13-27(17,21)3)34-26-24(31)25(33-16(2)29)23(30)15-32-26/h5-6,17,19-26,30-31H,1,7-15H2,2-4H3/t17-,19-,20-,21-,22-,23+,24-,25+,26-,27+,28-/m0/s1. The van der Waals surface area contributed by atoms with E-state index >= 15 is 0 Å². The van der Waals surface area contributed by atoms with Crippen LogP contribution in [0.25, 0.3) is 0 Å². The van der Waals surface area contributed by atoms with E-state index in [1.165, 1.54) is 38.2 Å². The van der Waals surface area contributed by atoms with Crippen LogP contribution < -0.4 is 0 Å². The summed E-state index contributed by atoms with van der Waals surface area (Å²) in [5.74, 6) is 2.43. The maximum Gasteiger partial charge on any atom is 0.303 e. The molecule has 0 aromatic heterocycles. The molecule has 0 radical (unpaired) electrons. The van der Waals surface area contributed by atoms with Crippen molar-refractivity contribution in [1.29, 1.82) is 0 Å². The Morgan fingerprint density at radius 2 is 1.97 bits per heavy atom. The van der Waals surface area contributed by atoms with E-state index < -0.39 is 30.6 Å². The van der Waals surface area contributed by atoms with Gasteiger partial charge in [-0.3, -0.25) is 4.79 Å². The van der Waals surface area contributed by atoms with Crippen LogP contribution in [0.4, 0.5) is 0 Å². The third-order valence-electron chi connectivity index (χ3n) is 10.5. The molecule has 4 fully saturated rings. The van der Waals surface area contributed by atoms with E-state index in [-0.39, 0.29) is 18.1 Å². The number of rotatable bonds is 4. The number of aliphatic hydroxyl groups is 2. The topological polar surface area (TPSA) is 85.2 Å². The average Bonchev–Trinajstić information content (AvgIpc) is 3.15. The zero-order valence-corrected chi connectivity index (χ0v) is 20.9. The lowest BCUT2D eigenvalue weighted by Crippen LogP contribution is -2.56. The predicted octanol–water partition coefficient (Wildman–Crippen LogP) is 4.15. The van der Waals surface area contributed by atoms with Crippen LogP contribution in [0.1, 0.15) is 72.1 Å². The normalized spacial score (nSPS) is 50.4. The van der Waals surface area contributed by atoms with Gasteiger partial charge in [0.25, 0.3) is 0 Å². The molecule has 5 rings (SSSR count). The summed E-state index contributed by atoms with van der Waals surface area (Å²) in [4.78, 5) is 11.4. The second kappa shape index (κ2) is 9.02. The number of hydrogen-bond acceptors (Lipinski definition) is 6. The van der Waals surface area contributed by atoms with Crippen molar-refractivity contribution in [1.82, 2.24) is 0 Å². The number of ether oxygens (including phenoxy) is 3. The first-order valence-electron chi connectivity index (χ1n) is 13.3. The average molecular weight is 475 g/mol. The first kappa shape index (κ1) is 24.5. The maximum atomic E-state index is 11.4. The minimum Gasteiger partial charge on any atom is -0.457 e. The number of fused-ring (bicyclic) bond motifs is 5. The van der Waals surface area contributed by atoms with Crippen molar-refractivity contribution in [2.75, 3.05) is 6.61 Å². The van der Waals surface area contributed by atoms with Gasteiger partial charge in [0, 0.05) is 6.92 Å². The summed E-state index contributed by atoms with van der Waals surface area (Å²) in [6, 6.07) is 0. The van der Waals surface area contributed by atoms with E-state index in [1.54, 1.807) is 0 Å². The molecule has 0 bridgehead atoms. The van der Waals surface area contributed by atoms with Gasteiger partial charge in [-0.15, -0.1) is 6.58 Å². The van der Waals surface area contributed by atoms with Gasteiger partial charge >= 0.3 is 5.97 Å². The molecule has 1 heterocycles. The van der Waals surface area contributed by atoms with Crippen LogP contribution in [0.5, 0.6) is 0 Å². The molecule has 1 aliphatic heterocycles.